The van der Waals surface area contributed by atoms with Crippen LogP contribution in [0.2, 0.25) is 0 Å². The summed E-state index contributed by atoms with van der Waals surface area (Å²) in [5, 5.41) is 10.1. The van der Waals surface area contributed by atoms with Gasteiger partial charge in [0.2, 0.25) is 0 Å². The van der Waals surface area contributed by atoms with E-state index < -0.39 is 0 Å². The van der Waals surface area contributed by atoms with Gasteiger partial charge < -0.3 is 19.3 Å². The zero-order valence-electron chi connectivity index (χ0n) is 9.99. The van der Waals surface area contributed by atoms with Crippen LogP contribution in [0.15, 0.2) is 0 Å². The predicted octanol–water partition coefficient (Wildman–Crippen LogP) is 0.729. The second-order valence-electron chi connectivity index (χ2n) is 4.06. The fourth-order valence-electron chi connectivity index (χ4n) is 1.89. The van der Waals surface area contributed by atoms with Gasteiger partial charge in [-0.15, -0.1) is 6.61 Å². The van der Waals surface area contributed by atoms with Gasteiger partial charge in [-0.3, -0.25) is 0 Å². The highest BCUT2D eigenvalue weighted by atomic mass is 16.5. The Bertz CT molecular complexity index is 146. The van der Waals surface area contributed by atoms with Crippen LogP contribution in [0.25, 0.3) is 0 Å². The molecule has 0 aromatic rings. The number of ether oxygens (including phenoxy) is 3. The Morgan fingerprint density at radius 3 is 2.12 bits per heavy atom. The molecule has 1 aliphatic carbocycles. The third kappa shape index (κ3) is 7.17. The molecule has 0 amide bonds. The van der Waals surface area contributed by atoms with Crippen molar-refractivity contribution in [2.75, 3.05) is 39.6 Å². The standard InChI is InChI=1S/C12H23O4/c13-6-7-14-8-9-15-10-11-16-12-4-2-1-3-5-12/h12H,1-11H2/q-1. The summed E-state index contributed by atoms with van der Waals surface area (Å²) in [6.07, 6.45) is 6.81. The number of rotatable bonds is 9. The highest BCUT2D eigenvalue weighted by molar-refractivity contribution is 4.64. The maximum Gasteiger partial charge on any atom is 0.0704 e. The Morgan fingerprint density at radius 1 is 0.812 bits per heavy atom. The lowest BCUT2D eigenvalue weighted by Gasteiger charge is -2.21. The Morgan fingerprint density at radius 2 is 1.44 bits per heavy atom. The van der Waals surface area contributed by atoms with Gasteiger partial charge >= 0.3 is 0 Å². The van der Waals surface area contributed by atoms with Gasteiger partial charge in [-0.2, -0.15) is 0 Å². The zero-order chi connectivity index (χ0) is 11.5. The van der Waals surface area contributed by atoms with Crippen molar-refractivity contribution in [3.05, 3.63) is 0 Å². The van der Waals surface area contributed by atoms with Crippen molar-refractivity contribution < 1.29 is 19.3 Å². The first-order valence-electron chi connectivity index (χ1n) is 6.28. The van der Waals surface area contributed by atoms with E-state index in [0.717, 1.165) is 0 Å². The van der Waals surface area contributed by atoms with Crippen molar-refractivity contribution in [3.8, 4) is 0 Å². The fraction of sp³-hybridized carbons (Fsp3) is 1.00. The molecule has 0 N–H and O–H groups in total. The maximum absolute atomic E-state index is 10.1. The smallest absolute Gasteiger partial charge is 0.0704 e. The van der Waals surface area contributed by atoms with Gasteiger partial charge in [0, 0.05) is 6.61 Å². The summed E-state index contributed by atoms with van der Waals surface area (Å²) in [6, 6.07) is 0. The van der Waals surface area contributed by atoms with Gasteiger partial charge in [0.25, 0.3) is 0 Å². The minimum Gasteiger partial charge on any atom is -0.853 e. The Hall–Kier alpha value is -0.160. The Labute approximate surface area is 97.9 Å². The molecule has 0 aromatic carbocycles. The lowest BCUT2D eigenvalue weighted by Crippen LogP contribution is -2.20. The van der Waals surface area contributed by atoms with Crippen LogP contribution < -0.4 is 5.11 Å². The van der Waals surface area contributed by atoms with E-state index in [4.69, 9.17) is 14.2 Å². The van der Waals surface area contributed by atoms with E-state index in [0.29, 0.717) is 32.5 Å². The van der Waals surface area contributed by atoms with Gasteiger partial charge in [-0.1, -0.05) is 19.3 Å². The van der Waals surface area contributed by atoms with Gasteiger partial charge in [0.15, 0.2) is 0 Å². The van der Waals surface area contributed by atoms with E-state index >= 15 is 0 Å². The van der Waals surface area contributed by atoms with Crippen molar-refractivity contribution in [2.45, 2.75) is 38.2 Å². The molecule has 4 nitrogen and oxygen atoms in total. The molecule has 0 atom stereocenters. The average Bonchev–Trinajstić information content (AvgIpc) is 2.34. The molecule has 0 unspecified atom stereocenters. The summed E-state index contributed by atoms with van der Waals surface area (Å²) in [4.78, 5) is 0. The Balaban J connectivity index is 1.77. The molecule has 0 saturated heterocycles. The Kier molecular flexibility index (Phi) is 8.71. The predicted molar refractivity (Wildman–Crippen MR) is 59.3 cm³/mol. The molecule has 0 radical (unpaired) electrons. The van der Waals surface area contributed by atoms with Crippen LogP contribution in [0.4, 0.5) is 0 Å². The topological polar surface area (TPSA) is 50.8 Å². The molecule has 1 rings (SSSR count). The molecule has 4 heteroatoms. The number of hydrogen-bond acceptors (Lipinski definition) is 4. The van der Waals surface area contributed by atoms with Crippen molar-refractivity contribution >= 4 is 0 Å². The summed E-state index contributed by atoms with van der Waals surface area (Å²) >= 11 is 0. The van der Waals surface area contributed by atoms with E-state index in [9.17, 15) is 5.11 Å². The van der Waals surface area contributed by atoms with Crippen LogP contribution in [0, 0.1) is 0 Å². The van der Waals surface area contributed by atoms with Crippen LogP contribution >= 0.6 is 0 Å². The first kappa shape index (κ1) is 13.9. The summed E-state index contributed by atoms with van der Waals surface area (Å²) < 4.78 is 16.0. The van der Waals surface area contributed by atoms with Crippen LogP contribution in [-0.2, 0) is 14.2 Å². The minimum absolute atomic E-state index is 0.176. The molecule has 0 bridgehead atoms. The van der Waals surface area contributed by atoms with Crippen LogP contribution in [0.3, 0.4) is 0 Å². The van der Waals surface area contributed by atoms with E-state index in [1.54, 1.807) is 0 Å². The third-order valence-electron chi connectivity index (χ3n) is 2.73. The van der Waals surface area contributed by atoms with E-state index in [1.807, 2.05) is 0 Å². The highest BCUT2D eigenvalue weighted by Crippen LogP contribution is 2.19. The van der Waals surface area contributed by atoms with E-state index in [2.05, 4.69) is 0 Å². The van der Waals surface area contributed by atoms with Gasteiger partial charge in [-0.25, -0.2) is 0 Å². The van der Waals surface area contributed by atoms with E-state index in [1.165, 1.54) is 32.1 Å². The average molecular weight is 231 g/mol. The molecule has 16 heavy (non-hydrogen) atoms. The maximum atomic E-state index is 10.1. The monoisotopic (exact) mass is 231 g/mol. The third-order valence-corrected chi connectivity index (χ3v) is 2.73. The normalized spacial score (nSPS) is 17.8. The molecule has 0 aliphatic heterocycles. The molecular formula is C12H23O4-. The summed E-state index contributed by atoms with van der Waals surface area (Å²) in [5.74, 6) is 0. The van der Waals surface area contributed by atoms with E-state index in [-0.39, 0.29) is 13.2 Å². The molecule has 1 fully saturated rings. The summed E-state index contributed by atoms with van der Waals surface area (Å²) in [6.45, 7) is 2.45. The first-order valence-corrected chi connectivity index (χ1v) is 6.28. The minimum atomic E-state index is -0.176. The lowest BCUT2D eigenvalue weighted by atomic mass is 9.98. The zero-order valence-corrected chi connectivity index (χ0v) is 9.99. The molecule has 96 valence electrons. The van der Waals surface area contributed by atoms with Crippen LogP contribution in [0.1, 0.15) is 32.1 Å². The highest BCUT2D eigenvalue weighted by Gasteiger charge is 2.12. The first-order chi connectivity index (χ1) is 7.93. The lowest BCUT2D eigenvalue weighted by molar-refractivity contribution is -0.374. The van der Waals surface area contributed by atoms with Gasteiger partial charge in [0.05, 0.1) is 32.5 Å². The molecule has 1 saturated carbocycles. The quantitative estimate of drug-likeness (QED) is 0.549. The largest absolute Gasteiger partial charge is 0.853 e. The van der Waals surface area contributed by atoms with Crippen molar-refractivity contribution in [2.24, 2.45) is 0 Å². The van der Waals surface area contributed by atoms with Crippen molar-refractivity contribution in [1.82, 2.24) is 0 Å². The number of hydrogen-bond donors (Lipinski definition) is 0. The molecule has 0 heterocycles. The molecule has 1 aliphatic rings. The van der Waals surface area contributed by atoms with Crippen molar-refractivity contribution in [3.63, 3.8) is 0 Å². The second-order valence-corrected chi connectivity index (χ2v) is 4.06. The van der Waals surface area contributed by atoms with Gasteiger partial charge in [-0.05, 0) is 12.8 Å². The van der Waals surface area contributed by atoms with Crippen LogP contribution in [-0.4, -0.2) is 45.7 Å². The van der Waals surface area contributed by atoms with Crippen LogP contribution in [0.5, 0.6) is 0 Å². The summed E-state index contributed by atoms with van der Waals surface area (Å²) in [5.41, 5.74) is 0. The van der Waals surface area contributed by atoms with Crippen molar-refractivity contribution in [1.29, 1.82) is 0 Å². The molecule has 0 spiro atoms. The molecular weight excluding hydrogens is 208 g/mol. The van der Waals surface area contributed by atoms with Gasteiger partial charge in [0.1, 0.15) is 0 Å². The summed E-state index contributed by atoms with van der Waals surface area (Å²) in [7, 11) is 0. The fourth-order valence-corrected chi connectivity index (χ4v) is 1.89. The molecule has 0 aromatic heterocycles. The second kappa shape index (κ2) is 10.0. The SMILES string of the molecule is [O-]CCOCCOCCOC1CCCCC1.